The van der Waals surface area contributed by atoms with Crippen LogP contribution in [-0.4, -0.2) is 45.0 Å². The molecular weight excluding hydrogens is 320 g/mol. The van der Waals surface area contributed by atoms with Gasteiger partial charge in [0.1, 0.15) is 5.76 Å². The molecule has 0 spiro atoms. The molecule has 0 unspecified atom stereocenters. The Morgan fingerprint density at radius 3 is 2.70 bits per heavy atom. The number of ether oxygens (including phenoxy) is 1. The monoisotopic (exact) mass is 344 g/mol. The molecule has 7 nitrogen and oxygen atoms in total. The molecule has 1 aromatic heterocycles. The van der Waals surface area contributed by atoms with Gasteiger partial charge in [-0.3, -0.25) is 4.79 Å². The van der Waals surface area contributed by atoms with E-state index in [4.69, 9.17) is 14.3 Å². The summed E-state index contributed by atoms with van der Waals surface area (Å²) in [6.45, 7) is 5.35. The number of hydrogen-bond acceptors (Lipinski definition) is 5. The van der Waals surface area contributed by atoms with E-state index in [0.717, 1.165) is 32.3 Å². The van der Waals surface area contributed by atoms with Gasteiger partial charge >= 0.3 is 0 Å². The Balaban J connectivity index is 2.18. The summed E-state index contributed by atoms with van der Waals surface area (Å²) in [5.74, 6) is 0.00173. The summed E-state index contributed by atoms with van der Waals surface area (Å²) in [7, 11) is -3.97. The molecule has 2 N–H and O–H groups in total. The highest BCUT2D eigenvalue weighted by molar-refractivity contribution is 7.89. The third kappa shape index (κ3) is 4.55. The van der Waals surface area contributed by atoms with E-state index in [1.54, 1.807) is 11.8 Å². The smallest absolute Gasteiger partial charge is 0.271 e. The first-order valence-corrected chi connectivity index (χ1v) is 9.41. The van der Waals surface area contributed by atoms with E-state index >= 15 is 0 Å². The van der Waals surface area contributed by atoms with Crippen molar-refractivity contribution in [2.24, 2.45) is 5.14 Å². The molecule has 8 heteroatoms. The van der Waals surface area contributed by atoms with Gasteiger partial charge in [0.2, 0.25) is 5.09 Å². The van der Waals surface area contributed by atoms with Gasteiger partial charge in [0.15, 0.2) is 0 Å². The Hall–Kier alpha value is -1.38. The minimum atomic E-state index is -3.97. The Bertz CT molecular complexity index is 647. The molecule has 23 heavy (non-hydrogen) atoms. The molecule has 0 saturated carbocycles. The van der Waals surface area contributed by atoms with E-state index in [-0.39, 0.29) is 28.4 Å². The molecular formula is C15H24N2O5S. The molecule has 2 heterocycles. The quantitative estimate of drug-likeness (QED) is 0.845. The maximum atomic E-state index is 12.7. The van der Waals surface area contributed by atoms with Gasteiger partial charge in [-0.05, 0) is 32.6 Å². The largest absolute Gasteiger partial charge is 0.448 e. The van der Waals surface area contributed by atoms with E-state index in [2.05, 4.69) is 0 Å². The molecule has 1 atom stereocenters. The van der Waals surface area contributed by atoms with Gasteiger partial charge in [-0.15, -0.1) is 0 Å². The second-order valence-electron chi connectivity index (χ2n) is 5.82. The normalized spacial score (nSPS) is 18.8. The first-order valence-electron chi connectivity index (χ1n) is 7.87. The zero-order valence-corrected chi connectivity index (χ0v) is 14.4. The topological polar surface area (TPSA) is 103 Å². The zero-order chi connectivity index (χ0) is 17.0. The highest BCUT2D eigenvalue weighted by Gasteiger charge is 2.26. The van der Waals surface area contributed by atoms with E-state index in [9.17, 15) is 13.2 Å². The van der Waals surface area contributed by atoms with Gasteiger partial charge in [0.05, 0.1) is 11.7 Å². The number of carbonyl (C=O) groups is 1. The van der Waals surface area contributed by atoms with Crippen LogP contribution in [0.1, 0.15) is 48.7 Å². The minimum absolute atomic E-state index is 0.0316. The fourth-order valence-corrected chi connectivity index (χ4v) is 3.24. The molecule has 0 aromatic carbocycles. The fourth-order valence-electron chi connectivity index (χ4n) is 2.72. The molecule has 0 aliphatic carbocycles. The summed E-state index contributed by atoms with van der Waals surface area (Å²) >= 11 is 0. The lowest BCUT2D eigenvalue weighted by molar-refractivity contribution is -0.00387. The first kappa shape index (κ1) is 18.0. The lowest BCUT2D eigenvalue weighted by Gasteiger charge is -2.29. The van der Waals surface area contributed by atoms with Crippen LogP contribution in [0.3, 0.4) is 0 Å². The summed E-state index contributed by atoms with van der Waals surface area (Å²) in [4.78, 5) is 14.4. The molecule has 130 valence electrons. The third-order valence-corrected chi connectivity index (χ3v) is 4.65. The SMILES string of the molecule is CCCN(C[C@@H]1CCCCO1)C(=O)c1cc(S(N)(=O)=O)oc1C. The van der Waals surface area contributed by atoms with Gasteiger partial charge in [-0.25, -0.2) is 13.6 Å². The van der Waals surface area contributed by atoms with Crippen molar-refractivity contribution in [1.29, 1.82) is 0 Å². The molecule has 1 fully saturated rings. The zero-order valence-electron chi connectivity index (χ0n) is 13.6. The van der Waals surface area contributed by atoms with Crippen LogP contribution in [0.15, 0.2) is 15.6 Å². The van der Waals surface area contributed by atoms with Crippen molar-refractivity contribution < 1.29 is 22.4 Å². The van der Waals surface area contributed by atoms with E-state index in [1.165, 1.54) is 6.07 Å². The van der Waals surface area contributed by atoms with Gasteiger partial charge in [-0.2, -0.15) is 0 Å². The van der Waals surface area contributed by atoms with Gasteiger partial charge in [-0.1, -0.05) is 6.92 Å². The number of rotatable bonds is 6. The maximum absolute atomic E-state index is 12.7. The van der Waals surface area contributed by atoms with Crippen LogP contribution in [0.25, 0.3) is 0 Å². The summed E-state index contributed by atoms with van der Waals surface area (Å²) in [6, 6.07) is 1.21. The fraction of sp³-hybridized carbons (Fsp3) is 0.667. The highest BCUT2D eigenvalue weighted by Crippen LogP contribution is 2.21. The molecule has 1 amide bonds. The lowest BCUT2D eigenvalue weighted by Crippen LogP contribution is -2.40. The lowest BCUT2D eigenvalue weighted by atomic mass is 10.1. The van der Waals surface area contributed by atoms with Crippen LogP contribution in [0.4, 0.5) is 0 Å². The average Bonchev–Trinajstić information content (AvgIpc) is 2.89. The Morgan fingerprint density at radius 2 is 2.17 bits per heavy atom. The number of nitrogens with two attached hydrogens (primary N) is 1. The van der Waals surface area contributed by atoms with Crippen LogP contribution in [0.2, 0.25) is 0 Å². The summed E-state index contributed by atoms with van der Waals surface area (Å²) < 4.78 is 33.6. The third-order valence-electron chi connectivity index (χ3n) is 3.88. The summed E-state index contributed by atoms with van der Waals surface area (Å²) in [5, 5.41) is 4.67. The van der Waals surface area contributed by atoms with E-state index < -0.39 is 10.0 Å². The minimum Gasteiger partial charge on any atom is -0.448 e. The molecule has 0 bridgehead atoms. The van der Waals surface area contributed by atoms with Crippen LogP contribution in [-0.2, 0) is 14.8 Å². The van der Waals surface area contributed by atoms with E-state index in [0.29, 0.717) is 13.1 Å². The molecule has 1 aliphatic rings. The number of furan rings is 1. The second kappa shape index (κ2) is 7.46. The Labute approximate surface area is 136 Å². The number of primary sulfonamides is 1. The van der Waals surface area contributed by atoms with Gasteiger partial charge in [0.25, 0.3) is 15.9 Å². The standard InChI is InChI=1S/C15H24N2O5S/c1-3-7-17(10-12-6-4-5-8-21-12)15(18)13-9-14(22-11(13)2)23(16,19)20/h9,12H,3-8,10H2,1-2H3,(H2,16,19,20)/t12-/m0/s1. The first-order chi connectivity index (χ1) is 10.8. The van der Waals surface area contributed by atoms with Crippen LogP contribution in [0, 0.1) is 6.92 Å². The van der Waals surface area contributed by atoms with Crippen molar-refractivity contribution in [2.45, 2.75) is 50.7 Å². The number of carbonyl (C=O) groups excluding carboxylic acids is 1. The predicted octanol–water partition coefficient (Wildman–Crippen LogP) is 1.66. The Morgan fingerprint density at radius 1 is 1.43 bits per heavy atom. The molecule has 1 saturated heterocycles. The van der Waals surface area contributed by atoms with Crippen molar-refractivity contribution in [3.05, 3.63) is 17.4 Å². The highest BCUT2D eigenvalue weighted by atomic mass is 32.2. The number of aryl methyl sites for hydroxylation is 1. The number of nitrogens with zero attached hydrogens (tertiary/aromatic N) is 1. The molecule has 2 rings (SSSR count). The van der Waals surface area contributed by atoms with Crippen LogP contribution in [0.5, 0.6) is 0 Å². The molecule has 1 aliphatic heterocycles. The molecule has 0 radical (unpaired) electrons. The predicted molar refractivity (Wildman–Crippen MR) is 84.6 cm³/mol. The van der Waals surface area contributed by atoms with Crippen molar-refractivity contribution in [3.8, 4) is 0 Å². The summed E-state index contributed by atoms with van der Waals surface area (Å²) in [6.07, 6.45) is 3.91. The number of sulfonamides is 1. The van der Waals surface area contributed by atoms with Crippen LogP contribution < -0.4 is 5.14 Å². The van der Waals surface area contributed by atoms with Crippen molar-refractivity contribution >= 4 is 15.9 Å². The number of hydrogen-bond donors (Lipinski definition) is 1. The average molecular weight is 344 g/mol. The van der Waals surface area contributed by atoms with Gasteiger partial charge in [0, 0.05) is 25.8 Å². The Kier molecular flexibility index (Phi) is 5.83. The number of amides is 1. The van der Waals surface area contributed by atoms with Crippen molar-refractivity contribution in [3.63, 3.8) is 0 Å². The van der Waals surface area contributed by atoms with Crippen molar-refractivity contribution in [1.82, 2.24) is 4.90 Å². The van der Waals surface area contributed by atoms with Crippen molar-refractivity contribution in [2.75, 3.05) is 19.7 Å². The van der Waals surface area contributed by atoms with Gasteiger partial charge < -0.3 is 14.1 Å². The second-order valence-corrected chi connectivity index (χ2v) is 7.31. The molecule has 1 aromatic rings. The van der Waals surface area contributed by atoms with E-state index in [1.807, 2.05) is 6.92 Å². The van der Waals surface area contributed by atoms with Crippen LogP contribution >= 0.6 is 0 Å². The summed E-state index contributed by atoms with van der Waals surface area (Å²) in [5.41, 5.74) is 0.235. The maximum Gasteiger partial charge on any atom is 0.271 e.